The summed E-state index contributed by atoms with van der Waals surface area (Å²) in [7, 11) is 1.92. The molecule has 0 saturated carbocycles. The Hall–Kier alpha value is -4.31. The van der Waals surface area contributed by atoms with E-state index < -0.39 is 28.7 Å². The molecule has 4 N–H and O–H groups in total. The van der Waals surface area contributed by atoms with E-state index in [2.05, 4.69) is 16.7 Å². The first-order valence-electron chi connectivity index (χ1n) is 15.2. The van der Waals surface area contributed by atoms with Crippen molar-refractivity contribution in [3.8, 4) is 5.75 Å². The van der Waals surface area contributed by atoms with E-state index in [-0.39, 0.29) is 12.3 Å². The summed E-state index contributed by atoms with van der Waals surface area (Å²) in [5, 5.41) is 7.17. The van der Waals surface area contributed by atoms with Crippen LogP contribution in [0.2, 0.25) is 0 Å². The molecule has 1 saturated heterocycles. The van der Waals surface area contributed by atoms with Gasteiger partial charge in [-0.1, -0.05) is 18.2 Å². The van der Waals surface area contributed by atoms with Gasteiger partial charge in [0.15, 0.2) is 11.2 Å². The van der Waals surface area contributed by atoms with Gasteiger partial charge in [0.2, 0.25) is 5.91 Å². The zero-order valence-electron chi connectivity index (χ0n) is 25.7. The number of ether oxygens (including phenoxy) is 2. The van der Waals surface area contributed by atoms with Crippen molar-refractivity contribution < 1.29 is 23.5 Å². The fourth-order valence-corrected chi connectivity index (χ4v) is 6.92. The fourth-order valence-electron chi connectivity index (χ4n) is 6.92. The lowest BCUT2D eigenvalue weighted by atomic mass is 9.63. The molecule has 2 aromatic rings. The van der Waals surface area contributed by atoms with E-state index in [0.29, 0.717) is 48.0 Å². The molecule has 4 aliphatic rings. The highest BCUT2D eigenvalue weighted by molar-refractivity contribution is 5.88. The van der Waals surface area contributed by atoms with Crippen molar-refractivity contribution in [2.75, 3.05) is 33.2 Å². The molecule has 10 heteroatoms. The lowest BCUT2D eigenvalue weighted by Crippen LogP contribution is -2.63. The third-order valence-electron chi connectivity index (χ3n) is 9.58. The van der Waals surface area contributed by atoms with Gasteiger partial charge in [0, 0.05) is 73.9 Å². The average Bonchev–Trinajstić information content (AvgIpc) is 3.34. The largest absolute Gasteiger partial charge is 0.481 e. The molecule has 1 aromatic heterocycles. The molecule has 1 fully saturated rings. The molecular formula is C34H40N4O6. The quantitative estimate of drug-likeness (QED) is 0.190. The number of fused-ring (bicyclic) bond motifs is 2. The van der Waals surface area contributed by atoms with Crippen LogP contribution in [0.15, 0.2) is 80.3 Å². The summed E-state index contributed by atoms with van der Waals surface area (Å²) in [5.41, 5.74) is 7.37. The van der Waals surface area contributed by atoms with E-state index in [1.165, 1.54) is 6.07 Å². The minimum Gasteiger partial charge on any atom is -0.481 e. The van der Waals surface area contributed by atoms with Crippen LogP contribution in [0.5, 0.6) is 5.75 Å². The van der Waals surface area contributed by atoms with Gasteiger partial charge in [0.1, 0.15) is 11.3 Å². The van der Waals surface area contributed by atoms with E-state index >= 15 is 0 Å². The summed E-state index contributed by atoms with van der Waals surface area (Å²) >= 11 is 0. The van der Waals surface area contributed by atoms with Gasteiger partial charge in [-0.25, -0.2) is 9.59 Å². The predicted octanol–water partition coefficient (Wildman–Crippen LogP) is 3.08. The summed E-state index contributed by atoms with van der Waals surface area (Å²) < 4.78 is 18.8. The molecule has 4 heterocycles. The topological polar surface area (TPSA) is 136 Å². The number of rotatable bonds is 7. The number of nitrogens with two attached hydrogens (primary N) is 1. The fraction of sp³-hybridized carbons (Fsp3) is 0.441. The second-order valence-electron chi connectivity index (χ2n) is 12.5. The Balaban J connectivity index is 1.43. The van der Waals surface area contributed by atoms with Gasteiger partial charge in [-0.15, -0.1) is 0 Å². The third kappa shape index (κ3) is 5.11. The van der Waals surface area contributed by atoms with Crippen molar-refractivity contribution in [1.29, 1.82) is 0 Å². The van der Waals surface area contributed by atoms with Gasteiger partial charge < -0.3 is 35.2 Å². The van der Waals surface area contributed by atoms with Gasteiger partial charge in [-0.3, -0.25) is 4.79 Å². The number of esters is 1. The zero-order chi connectivity index (χ0) is 31.2. The van der Waals surface area contributed by atoms with Crippen LogP contribution in [-0.2, 0) is 20.7 Å². The molecule has 232 valence electrons. The maximum absolute atomic E-state index is 13.4. The number of benzene rings is 1. The number of amides is 1. The van der Waals surface area contributed by atoms with Crippen LogP contribution in [0.1, 0.15) is 39.2 Å². The van der Waals surface area contributed by atoms with Crippen molar-refractivity contribution in [2.24, 2.45) is 17.6 Å². The first kappa shape index (κ1) is 29.7. The van der Waals surface area contributed by atoms with Gasteiger partial charge in [0.25, 0.3) is 0 Å². The highest BCUT2D eigenvalue weighted by Crippen LogP contribution is 2.54. The second kappa shape index (κ2) is 11.3. The van der Waals surface area contributed by atoms with E-state index in [9.17, 15) is 14.4 Å². The smallest absolute Gasteiger partial charge is 0.336 e. The van der Waals surface area contributed by atoms with Crippen molar-refractivity contribution in [3.05, 3.63) is 87.1 Å². The van der Waals surface area contributed by atoms with Crippen molar-refractivity contribution in [2.45, 2.75) is 51.2 Å². The molecule has 6 rings (SSSR count). The molecular weight excluding hydrogens is 560 g/mol. The molecule has 10 nitrogen and oxygen atoms in total. The van der Waals surface area contributed by atoms with E-state index in [1.807, 2.05) is 37.1 Å². The molecule has 1 aliphatic carbocycles. The molecule has 3 unspecified atom stereocenters. The maximum Gasteiger partial charge on any atom is 0.336 e. The van der Waals surface area contributed by atoms with E-state index in [4.69, 9.17) is 19.6 Å². The number of nitrogens with one attached hydrogen (secondary N) is 2. The minimum atomic E-state index is -1.09. The summed E-state index contributed by atoms with van der Waals surface area (Å²) in [6.07, 6.45) is 8.82. The van der Waals surface area contributed by atoms with Crippen molar-refractivity contribution in [3.63, 3.8) is 0 Å². The molecule has 0 radical (unpaired) electrons. The number of allylic oxidation sites excluding steroid dienone is 2. The minimum absolute atomic E-state index is 0.0733. The monoisotopic (exact) mass is 600 g/mol. The van der Waals surface area contributed by atoms with Gasteiger partial charge in [-0.2, -0.15) is 0 Å². The number of hydrogen-bond acceptors (Lipinski definition) is 9. The first-order chi connectivity index (χ1) is 21.1. The first-order valence-corrected chi connectivity index (χ1v) is 15.2. The molecule has 1 amide bonds. The van der Waals surface area contributed by atoms with Gasteiger partial charge in [0.05, 0.1) is 12.2 Å². The molecule has 3 aliphatic heterocycles. The van der Waals surface area contributed by atoms with E-state index in [1.54, 1.807) is 32.1 Å². The zero-order valence-corrected chi connectivity index (χ0v) is 25.7. The summed E-state index contributed by atoms with van der Waals surface area (Å²) in [6.45, 7) is 8.23. The molecule has 3 atom stereocenters. The number of likely N-dealkylation sites (tertiary alicyclic amines) is 1. The Morgan fingerprint density at radius 1 is 1.27 bits per heavy atom. The number of carbonyl (C=O) groups is 2. The predicted molar refractivity (Wildman–Crippen MR) is 167 cm³/mol. The van der Waals surface area contributed by atoms with Crippen LogP contribution < -0.4 is 26.7 Å². The third-order valence-corrected chi connectivity index (χ3v) is 9.58. The standard InChI is InChI=1S/C34H40N4O6/c1-5-20(2)32(41)44-33(3)10-6-7-26(34(33)15-23-11-22-8-9-31(40)42-27(22)14-28(23)43-34)25-13-29(35)37-17-24(25)12-30(39)38-18-21(19-38)16-36-4/h5-9,11,13-14,21,26,36-37H,10,12,15-19,35H2,1-4H3. The molecule has 44 heavy (non-hydrogen) atoms. The van der Waals surface area contributed by atoms with Gasteiger partial charge in [-0.05, 0) is 62.7 Å². The van der Waals surface area contributed by atoms with Crippen LogP contribution in [0.3, 0.4) is 0 Å². The molecule has 0 bridgehead atoms. The number of nitrogens with zero attached hydrogens (tertiary/aromatic N) is 1. The Bertz CT molecular complexity index is 1700. The van der Waals surface area contributed by atoms with Crippen LogP contribution in [-0.4, -0.2) is 61.2 Å². The highest BCUT2D eigenvalue weighted by Gasteiger charge is 2.62. The normalized spacial score (nSPS) is 26.6. The van der Waals surface area contributed by atoms with Crippen LogP contribution in [0, 0.1) is 11.8 Å². The average molecular weight is 601 g/mol. The van der Waals surface area contributed by atoms with E-state index in [0.717, 1.165) is 41.7 Å². The molecule has 1 aromatic carbocycles. The highest BCUT2D eigenvalue weighted by atomic mass is 16.6. The molecule has 1 spiro atoms. The summed E-state index contributed by atoms with van der Waals surface area (Å²) in [6, 6.07) is 6.84. The lowest BCUT2D eigenvalue weighted by molar-refractivity contribution is -0.185. The Kier molecular flexibility index (Phi) is 7.65. The van der Waals surface area contributed by atoms with Gasteiger partial charge >= 0.3 is 11.6 Å². The Morgan fingerprint density at radius 2 is 2.07 bits per heavy atom. The number of carbonyl (C=O) groups excluding carboxylic acids is 2. The van der Waals surface area contributed by atoms with Crippen LogP contribution >= 0.6 is 0 Å². The van der Waals surface area contributed by atoms with Crippen LogP contribution in [0.4, 0.5) is 0 Å². The number of dihydropyridines is 1. The SMILES string of the molecule is CC=C(C)C(=O)OC1(C)CC=CC(C2=C(CC(=O)N3CC(CNC)C3)CNC(N)=C2)C12Cc1cc3ccc(=O)oc3cc1O2. The maximum atomic E-state index is 13.4. The Morgan fingerprint density at radius 3 is 2.82 bits per heavy atom. The lowest BCUT2D eigenvalue weighted by Gasteiger charge is -2.51. The number of hydrogen-bond donors (Lipinski definition) is 3. The Labute approximate surface area is 256 Å². The van der Waals surface area contributed by atoms with Crippen molar-refractivity contribution >= 4 is 22.8 Å². The van der Waals surface area contributed by atoms with Crippen LogP contribution in [0.25, 0.3) is 11.0 Å². The second-order valence-corrected chi connectivity index (χ2v) is 12.5. The van der Waals surface area contributed by atoms with Crippen molar-refractivity contribution in [1.82, 2.24) is 15.5 Å². The summed E-state index contributed by atoms with van der Waals surface area (Å²) in [5.74, 6) is 0.775. The summed E-state index contributed by atoms with van der Waals surface area (Å²) in [4.78, 5) is 40.6.